The van der Waals surface area contributed by atoms with Crippen molar-refractivity contribution in [2.75, 3.05) is 30.9 Å². The molecule has 1 aromatic heterocycles. The summed E-state index contributed by atoms with van der Waals surface area (Å²) in [5.41, 5.74) is 3.64. The van der Waals surface area contributed by atoms with E-state index < -0.39 is 0 Å². The second-order valence-electron chi connectivity index (χ2n) is 5.55. The van der Waals surface area contributed by atoms with Gasteiger partial charge in [-0.25, -0.2) is 9.97 Å². The minimum absolute atomic E-state index is 0.741. The summed E-state index contributed by atoms with van der Waals surface area (Å²) in [5, 5.41) is 6.78. The van der Waals surface area contributed by atoms with E-state index in [-0.39, 0.29) is 0 Å². The molecule has 1 aromatic carbocycles. The van der Waals surface area contributed by atoms with Crippen molar-refractivity contribution in [3.63, 3.8) is 0 Å². The number of ether oxygens (including phenoxy) is 1. The Hall–Kier alpha value is -2.14. The molecular formula is C18H26N4O. The van der Waals surface area contributed by atoms with Crippen LogP contribution < -0.4 is 10.6 Å². The number of rotatable bonds is 8. The molecular weight excluding hydrogens is 288 g/mol. The number of hydrogen-bond donors (Lipinski definition) is 2. The summed E-state index contributed by atoms with van der Waals surface area (Å²) in [6, 6.07) is 8.30. The third-order valence-electron chi connectivity index (χ3n) is 3.66. The molecule has 0 bridgehead atoms. The van der Waals surface area contributed by atoms with Crippen LogP contribution in [0.15, 0.2) is 24.3 Å². The highest BCUT2D eigenvalue weighted by Gasteiger charge is 2.07. The molecule has 5 heteroatoms. The Bertz CT molecular complexity index is 643. The van der Waals surface area contributed by atoms with Crippen molar-refractivity contribution in [3.8, 4) is 0 Å². The standard InChI is InChI=1S/C18H26N4O/c1-5-15-9-6-8-13(2)18(15)22-17-12-16(20-14(3)21-17)19-10-7-11-23-4/h6,8-9,12H,5,7,10-11H2,1-4H3,(H2,19,20,21,22). The lowest BCUT2D eigenvalue weighted by molar-refractivity contribution is 0.198. The molecule has 0 aliphatic heterocycles. The molecule has 0 aliphatic rings. The second kappa shape index (κ2) is 8.48. The first-order valence-electron chi connectivity index (χ1n) is 8.08. The van der Waals surface area contributed by atoms with Crippen LogP contribution in [0.3, 0.4) is 0 Å². The maximum atomic E-state index is 5.06. The maximum Gasteiger partial charge on any atom is 0.136 e. The molecule has 0 spiro atoms. The molecule has 0 saturated carbocycles. The molecule has 124 valence electrons. The topological polar surface area (TPSA) is 59.1 Å². The van der Waals surface area contributed by atoms with E-state index in [4.69, 9.17) is 4.74 Å². The molecule has 2 N–H and O–H groups in total. The van der Waals surface area contributed by atoms with E-state index in [0.717, 1.165) is 49.1 Å². The van der Waals surface area contributed by atoms with Crippen LogP contribution in [0.25, 0.3) is 0 Å². The average Bonchev–Trinajstić information content (AvgIpc) is 2.53. The molecule has 0 aliphatic carbocycles. The molecule has 0 radical (unpaired) electrons. The zero-order chi connectivity index (χ0) is 16.7. The van der Waals surface area contributed by atoms with E-state index >= 15 is 0 Å². The molecule has 5 nitrogen and oxygen atoms in total. The molecule has 0 amide bonds. The van der Waals surface area contributed by atoms with E-state index in [0.29, 0.717) is 0 Å². The summed E-state index contributed by atoms with van der Waals surface area (Å²) < 4.78 is 5.06. The van der Waals surface area contributed by atoms with Crippen molar-refractivity contribution >= 4 is 17.3 Å². The summed E-state index contributed by atoms with van der Waals surface area (Å²) in [6.45, 7) is 7.75. The minimum atomic E-state index is 0.741. The zero-order valence-electron chi connectivity index (χ0n) is 14.4. The van der Waals surface area contributed by atoms with Gasteiger partial charge in [0.2, 0.25) is 0 Å². The Balaban J connectivity index is 2.15. The van der Waals surface area contributed by atoms with Gasteiger partial charge in [0.1, 0.15) is 17.5 Å². The number of hydrogen-bond acceptors (Lipinski definition) is 5. The monoisotopic (exact) mass is 314 g/mol. The van der Waals surface area contributed by atoms with Gasteiger partial charge >= 0.3 is 0 Å². The number of methoxy groups -OCH3 is 1. The second-order valence-corrected chi connectivity index (χ2v) is 5.55. The minimum Gasteiger partial charge on any atom is -0.385 e. The van der Waals surface area contributed by atoms with Crippen molar-refractivity contribution in [1.29, 1.82) is 0 Å². The van der Waals surface area contributed by atoms with E-state index in [1.807, 2.05) is 13.0 Å². The summed E-state index contributed by atoms with van der Waals surface area (Å²) >= 11 is 0. The fourth-order valence-corrected chi connectivity index (χ4v) is 2.49. The van der Waals surface area contributed by atoms with Gasteiger partial charge in [0.25, 0.3) is 0 Å². The highest BCUT2D eigenvalue weighted by atomic mass is 16.5. The summed E-state index contributed by atoms with van der Waals surface area (Å²) in [4.78, 5) is 8.94. The van der Waals surface area contributed by atoms with Gasteiger partial charge in [-0.3, -0.25) is 0 Å². The molecule has 2 aromatic rings. The zero-order valence-corrected chi connectivity index (χ0v) is 14.4. The summed E-state index contributed by atoms with van der Waals surface area (Å²) in [5.74, 6) is 2.40. The van der Waals surface area contributed by atoms with Crippen LogP contribution >= 0.6 is 0 Å². The van der Waals surface area contributed by atoms with Gasteiger partial charge in [-0.05, 0) is 37.8 Å². The Kier molecular flexibility index (Phi) is 6.35. The number of aromatic nitrogens is 2. The van der Waals surface area contributed by atoms with Gasteiger partial charge in [0.15, 0.2) is 0 Å². The lowest BCUT2D eigenvalue weighted by atomic mass is 10.1. The van der Waals surface area contributed by atoms with Crippen LogP contribution in [0.4, 0.5) is 17.3 Å². The van der Waals surface area contributed by atoms with Crippen LogP contribution in [0.5, 0.6) is 0 Å². The van der Waals surface area contributed by atoms with E-state index in [1.54, 1.807) is 7.11 Å². The van der Waals surface area contributed by atoms with Crippen LogP contribution in [0, 0.1) is 13.8 Å². The van der Waals surface area contributed by atoms with Gasteiger partial charge in [0, 0.05) is 32.0 Å². The first-order chi connectivity index (χ1) is 11.1. The van der Waals surface area contributed by atoms with Crippen molar-refractivity contribution in [2.45, 2.75) is 33.6 Å². The molecule has 2 rings (SSSR count). The van der Waals surface area contributed by atoms with E-state index in [9.17, 15) is 0 Å². The van der Waals surface area contributed by atoms with Crippen LogP contribution in [0.1, 0.15) is 30.3 Å². The highest BCUT2D eigenvalue weighted by molar-refractivity contribution is 5.66. The molecule has 0 unspecified atom stereocenters. The van der Waals surface area contributed by atoms with Gasteiger partial charge in [0.05, 0.1) is 0 Å². The van der Waals surface area contributed by atoms with Gasteiger partial charge in [-0.15, -0.1) is 0 Å². The predicted molar refractivity (Wildman–Crippen MR) is 95.6 cm³/mol. The SMILES string of the molecule is CCc1cccc(C)c1Nc1cc(NCCCOC)nc(C)n1. The Morgan fingerprint density at radius 1 is 1.13 bits per heavy atom. The van der Waals surface area contributed by atoms with E-state index in [1.165, 1.54) is 11.1 Å². The van der Waals surface area contributed by atoms with Gasteiger partial charge in [-0.2, -0.15) is 0 Å². The summed E-state index contributed by atoms with van der Waals surface area (Å²) in [7, 11) is 1.71. The largest absolute Gasteiger partial charge is 0.385 e. The third kappa shape index (κ3) is 4.93. The highest BCUT2D eigenvalue weighted by Crippen LogP contribution is 2.25. The number of aryl methyl sites for hydroxylation is 3. The summed E-state index contributed by atoms with van der Waals surface area (Å²) in [6.07, 6.45) is 1.93. The van der Waals surface area contributed by atoms with Crippen LogP contribution in [-0.4, -0.2) is 30.2 Å². The lowest BCUT2D eigenvalue weighted by Gasteiger charge is -2.15. The molecule has 0 atom stereocenters. The lowest BCUT2D eigenvalue weighted by Crippen LogP contribution is -2.08. The van der Waals surface area contributed by atoms with Crippen molar-refractivity contribution < 1.29 is 4.74 Å². The number of nitrogens with one attached hydrogen (secondary N) is 2. The Labute approximate surface area is 138 Å². The first-order valence-corrected chi connectivity index (χ1v) is 8.08. The van der Waals surface area contributed by atoms with Gasteiger partial charge in [-0.1, -0.05) is 25.1 Å². The smallest absolute Gasteiger partial charge is 0.136 e. The average molecular weight is 314 g/mol. The Morgan fingerprint density at radius 2 is 1.91 bits per heavy atom. The normalized spacial score (nSPS) is 10.6. The number of anilines is 3. The molecule has 23 heavy (non-hydrogen) atoms. The first kappa shape index (κ1) is 17.2. The number of benzene rings is 1. The van der Waals surface area contributed by atoms with Crippen LogP contribution in [0.2, 0.25) is 0 Å². The molecule has 0 fully saturated rings. The fraction of sp³-hybridized carbons (Fsp3) is 0.444. The number of nitrogens with zero attached hydrogens (tertiary/aromatic N) is 2. The molecule has 1 heterocycles. The molecule has 0 saturated heterocycles. The van der Waals surface area contributed by atoms with Crippen molar-refractivity contribution in [3.05, 3.63) is 41.2 Å². The quantitative estimate of drug-likeness (QED) is 0.725. The predicted octanol–water partition coefficient (Wildman–Crippen LogP) is 3.85. The van der Waals surface area contributed by atoms with Gasteiger partial charge < -0.3 is 15.4 Å². The number of para-hydroxylation sites is 1. The van der Waals surface area contributed by atoms with Crippen molar-refractivity contribution in [2.24, 2.45) is 0 Å². The third-order valence-corrected chi connectivity index (χ3v) is 3.66. The Morgan fingerprint density at radius 3 is 2.65 bits per heavy atom. The van der Waals surface area contributed by atoms with Crippen molar-refractivity contribution in [1.82, 2.24) is 9.97 Å². The maximum absolute atomic E-state index is 5.06. The van der Waals surface area contributed by atoms with E-state index in [2.05, 4.69) is 52.6 Å². The van der Waals surface area contributed by atoms with Crippen LogP contribution in [-0.2, 0) is 11.2 Å². The fourth-order valence-electron chi connectivity index (χ4n) is 2.49.